The lowest BCUT2D eigenvalue weighted by molar-refractivity contribution is -0.128. The minimum atomic E-state index is -0.405. The van der Waals surface area contributed by atoms with Gasteiger partial charge in [0, 0.05) is 12.3 Å². The zero-order valence-electron chi connectivity index (χ0n) is 16.5. The van der Waals surface area contributed by atoms with Crippen molar-refractivity contribution in [3.05, 3.63) is 12.7 Å². The highest BCUT2D eigenvalue weighted by atomic mass is 16.2. The number of Topliss-reactive ketones (excluding diaryl/α,β-unsaturated/α-hetero) is 1. The van der Waals surface area contributed by atoms with Gasteiger partial charge < -0.3 is 5.32 Å². The van der Waals surface area contributed by atoms with Gasteiger partial charge in [0.1, 0.15) is 5.78 Å². The van der Waals surface area contributed by atoms with Crippen molar-refractivity contribution in [3.63, 3.8) is 0 Å². The molecule has 0 rings (SSSR count). The van der Waals surface area contributed by atoms with E-state index in [0.29, 0.717) is 12.2 Å². The van der Waals surface area contributed by atoms with E-state index in [1.165, 1.54) is 6.08 Å². The van der Waals surface area contributed by atoms with E-state index in [1.54, 1.807) is 0 Å². The van der Waals surface area contributed by atoms with E-state index in [-0.39, 0.29) is 11.8 Å². The lowest BCUT2D eigenvalue weighted by Crippen LogP contribution is -2.55. The van der Waals surface area contributed by atoms with Gasteiger partial charge in [0.05, 0.1) is 5.54 Å². The Morgan fingerprint density at radius 1 is 0.958 bits per heavy atom. The molecule has 3 heteroatoms. The molecular weight excluding hydrogens is 298 g/mol. The Labute approximate surface area is 149 Å². The number of carbonyl (C=O) groups excluding carboxylic acids is 2. The molecule has 1 unspecified atom stereocenters. The standard InChI is InChI=1S/C21H39NO2/c1-6-11-15-19(23)18(14-9-4)21(16-12-7-2,17-13-8-3)22-20(24)10-5/h10,18H,5-9,11-17H2,1-4H3,(H,22,24). The van der Waals surface area contributed by atoms with Crippen molar-refractivity contribution < 1.29 is 9.59 Å². The minimum Gasteiger partial charge on any atom is -0.346 e. The van der Waals surface area contributed by atoms with Gasteiger partial charge in [-0.3, -0.25) is 9.59 Å². The number of ketones is 1. The molecule has 0 saturated carbocycles. The highest BCUT2D eigenvalue weighted by Crippen LogP contribution is 2.35. The quantitative estimate of drug-likeness (QED) is 0.396. The summed E-state index contributed by atoms with van der Waals surface area (Å²) in [5.41, 5.74) is -0.405. The smallest absolute Gasteiger partial charge is 0.243 e. The zero-order valence-corrected chi connectivity index (χ0v) is 16.5. The average molecular weight is 338 g/mol. The van der Waals surface area contributed by atoms with Gasteiger partial charge in [-0.05, 0) is 31.8 Å². The van der Waals surface area contributed by atoms with E-state index in [9.17, 15) is 9.59 Å². The van der Waals surface area contributed by atoms with E-state index >= 15 is 0 Å². The number of nitrogens with one attached hydrogen (secondary N) is 1. The number of hydrogen-bond acceptors (Lipinski definition) is 2. The van der Waals surface area contributed by atoms with Gasteiger partial charge >= 0.3 is 0 Å². The van der Waals surface area contributed by atoms with Crippen LogP contribution >= 0.6 is 0 Å². The van der Waals surface area contributed by atoms with E-state index in [4.69, 9.17) is 0 Å². The van der Waals surface area contributed by atoms with Crippen LogP contribution in [0.5, 0.6) is 0 Å². The molecule has 0 aromatic heterocycles. The van der Waals surface area contributed by atoms with Crippen molar-refractivity contribution in [1.82, 2.24) is 5.32 Å². The van der Waals surface area contributed by atoms with Crippen LogP contribution in [0.2, 0.25) is 0 Å². The first-order chi connectivity index (χ1) is 11.5. The molecule has 140 valence electrons. The molecule has 0 aromatic rings. The maximum absolute atomic E-state index is 13.0. The van der Waals surface area contributed by atoms with Crippen molar-refractivity contribution >= 4 is 11.7 Å². The lowest BCUT2D eigenvalue weighted by Gasteiger charge is -2.41. The van der Waals surface area contributed by atoms with Gasteiger partial charge in [-0.25, -0.2) is 0 Å². The Hall–Kier alpha value is -1.12. The Morgan fingerprint density at radius 2 is 1.50 bits per heavy atom. The maximum Gasteiger partial charge on any atom is 0.243 e. The van der Waals surface area contributed by atoms with Crippen LogP contribution in [0.1, 0.15) is 98.3 Å². The first-order valence-corrected chi connectivity index (χ1v) is 9.98. The molecule has 0 saturated heterocycles. The lowest BCUT2D eigenvalue weighted by atomic mass is 9.71. The predicted molar refractivity (Wildman–Crippen MR) is 103 cm³/mol. The summed E-state index contributed by atoms with van der Waals surface area (Å²) in [5.74, 6) is 0.109. The second-order valence-electron chi connectivity index (χ2n) is 6.97. The van der Waals surface area contributed by atoms with Crippen molar-refractivity contribution in [1.29, 1.82) is 0 Å². The summed E-state index contributed by atoms with van der Waals surface area (Å²) in [6, 6.07) is 0. The fourth-order valence-electron chi connectivity index (χ4n) is 3.53. The Balaban J connectivity index is 5.65. The summed E-state index contributed by atoms with van der Waals surface area (Å²) in [5, 5.41) is 3.21. The summed E-state index contributed by atoms with van der Waals surface area (Å²) in [4.78, 5) is 25.1. The zero-order chi connectivity index (χ0) is 18.4. The van der Waals surface area contributed by atoms with E-state index in [2.05, 4.69) is 39.6 Å². The van der Waals surface area contributed by atoms with Crippen molar-refractivity contribution in [2.75, 3.05) is 0 Å². The normalized spacial score (nSPS) is 12.7. The first-order valence-electron chi connectivity index (χ1n) is 9.98. The molecular formula is C21H39NO2. The molecule has 0 aliphatic rings. The average Bonchev–Trinajstić information content (AvgIpc) is 2.59. The van der Waals surface area contributed by atoms with Crippen LogP contribution in [0.25, 0.3) is 0 Å². The number of carbonyl (C=O) groups is 2. The number of amides is 1. The van der Waals surface area contributed by atoms with Crippen LogP contribution in [-0.4, -0.2) is 17.2 Å². The van der Waals surface area contributed by atoms with Crippen LogP contribution < -0.4 is 5.32 Å². The largest absolute Gasteiger partial charge is 0.346 e. The molecule has 0 aliphatic heterocycles. The van der Waals surface area contributed by atoms with Gasteiger partial charge in [0.25, 0.3) is 0 Å². The SMILES string of the molecule is C=CC(=O)NC(CCCC)(CCCC)C(CCC)C(=O)CCCC. The van der Waals surface area contributed by atoms with Gasteiger partial charge in [-0.2, -0.15) is 0 Å². The third-order valence-electron chi connectivity index (χ3n) is 4.92. The highest BCUT2D eigenvalue weighted by molar-refractivity contribution is 5.89. The fraction of sp³-hybridized carbons (Fsp3) is 0.810. The molecule has 3 nitrogen and oxygen atoms in total. The first kappa shape index (κ1) is 22.9. The molecule has 1 atom stereocenters. The molecule has 24 heavy (non-hydrogen) atoms. The van der Waals surface area contributed by atoms with Crippen molar-refractivity contribution in [3.8, 4) is 0 Å². The van der Waals surface area contributed by atoms with E-state index in [1.807, 2.05) is 0 Å². The third-order valence-corrected chi connectivity index (χ3v) is 4.92. The van der Waals surface area contributed by atoms with Gasteiger partial charge in [0.15, 0.2) is 0 Å². The van der Waals surface area contributed by atoms with Crippen LogP contribution in [0.4, 0.5) is 0 Å². The van der Waals surface area contributed by atoms with E-state index < -0.39 is 5.54 Å². The fourth-order valence-corrected chi connectivity index (χ4v) is 3.53. The van der Waals surface area contributed by atoms with Gasteiger partial charge in [-0.1, -0.05) is 72.8 Å². The number of rotatable bonds is 15. The van der Waals surface area contributed by atoms with Crippen molar-refractivity contribution in [2.45, 2.75) is 104 Å². The number of hydrogen-bond donors (Lipinski definition) is 1. The number of unbranched alkanes of at least 4 members (excludes halogenated alkanes) is 3. The van der Waals surface area contributed by atoms with Crippen LogP contribution in [0, 0.1) is 5.92 Å². The van der Waals surface area contributed by atoms with Crippen molar-refractivity contribution in [2.24, 2.45) is 5.92 Å². The third kappa shape index (κ3) is 7.63. The van der Waals surface area contributed by atoms with Crippen LogP contribution in [0.3, 0.4) is 0 Å². The summed E-state index contributed by atoms with van der Waals surface area (Å²) < 4.78 is 0. The summed E-state index contributed by atoms with van der Waals surface area (Å²) >= 11 is 0. The predicted octanol–water partition coefficient (Wildman–Crippen LogP) is 5.58. The van der Waals surface area contributed by atoms with Crippen LogP contribution in [-0.2, 0) is 9.59 Å². The molecule has 0 radical (unpaired) electrons. The molecule has 1 N–H and O–H groups in total. The second-order valence-corrected chi connectivity index (χ2v) is 6.97. The Morgan fingerprint density at radius 3 is 1.92 bits per heavy atom. The molecule has 0 fully saturated rings. The van der Waals surface area contributed by atoms with Gasteiger partial charge in [-0.15, -0.1) is 0 Å². The molecule has 1 amide bonds. The van der Waals surface area contributed by atoms with Crippen LogP contribution in [0.15, 0.2) is 12.7 Å². The molecule has 0 aliphatic carbocycles. The second kappa shape index (κ2) is 13.2. The monoisotopic (exact) mass is 337 g/mol. The summed E-state index contributed by atoms with van der Waals surface area (Å²) in [6.45, 7) is 12.2. The van der Waals surface area contributed by atoms with Gasteiger partial charge in [0.2, 0.25) is 5.91 Å². The highest BCUT2D eigenvalue weighted by Gasteiger charge is 2.41. The minimum absolute atomic E-state index is 0.0731. The Kier molecular flexibility index (Phi) is 12.6. The molecule has 0 heterocycles. The molecule has 0 spiro atoms. The maximum atomic E-state index is 13.0. The van der Waals surface area contributed by atoms with E-state index in [0.717, 1.165) is 64.2 Å². The summed E-state index contributed by atoms with van der Waals surface area (Å²) in [6.07, 6.45) is 11.7. The summed E-state index contributed by atoms with van der Waals surface area (Å²) in [7, 11) is 0. The topological polar surface area (TPSA) is 46.2 Å². The Bertz CT molecular complexity index is 368. The molecule has 0 aromatic carbocycles. The molecule has 0 bridgehead atoms.